The fourth-order valence-corrected chi connectivity index (χ4v) is 1.92. The lowest BCUT2D eigenvalue weighted by atomic mass is 10.00. The molecule has 2 rings (SSSR count). The molecule has 1 N–H and O–H groups in total. The highest BCUT2D eigenvalue weighted by atomic mass is 16.6. The van der Waals surface area contributed by atoms with E-state index in [1.54, 1.807) is 0 Å². The Morgan fingerprint density at radius 1 is 1.40 bits per heavy atom. The van der Waals surface area contributed by atoms with E-state index in [1.807, 2.05) is 20.8 Å². The van der Waals surface area contributed by atoms with Gasteiger partial charge in [-0.25, -0.2) is 4.79 Å². The van der Waals surface area contributed by atoms with Crippen LogP contribution in [0.15, 0.2) is 4.52 Å². The molecule has 1 aromatic heterocycles. The van der Waals surface area contributed by atoms with E-state index in [0.29, 0.717) is 11.7 Å². The Morgan fingerprint density at radius 3 is 2.75 bits per heavy atom. The Morgan fingerprint density at radius 2 is 2.10 bits per heavy atom. The van der Waals surface area contributed by atoms with Gasteiger partial charge in [0.1, 0.15) is 12.1 Å². The normalized spacial score (nSPS) is 16.9. The molecule has 0 spiro atoms. The monoisotopic (exact) mass is 283 g/mol. The summed E-state index contributed by atoms with van der Waals surface area (Å²) in [6, 6.07) is 0. The molecule has 1 aliphatic heterocycles. The fourth-order valence-electron chi connectivity index (χ4n) is 1.92. The Labute approximate surface area is 118 Å². The minimum absolute atomic E-state index is 0.172. The van der Waals surface area contributed by atoms with Crippen molar-refractivity contribution in [1.82, 2.24) is 15.5 Å². The standard InChI is InChI=1S/C13H21N3O4/c1-13(2,3)19-12(17)14-8-10-15-11(16-20-10)9-4-6-18-7-5-9/h9H,4-8H2,1-3H3,(H,14,17). The van der Waals surface area contributed by atoms with Crippen LogP contribution < -0.4 is 5.32 Å². The van der Waals surface area contributed by atoms with Gasteiger partial charge in [0.25, 0.3) is 0 Å². The highest BCUT2D eigenvalue weighted by Gasteiger charge is 2.22. The molecule has 1 aliphatic rings. The number of rotatable bonds is 3. The van der Waals surface area contributed by atoms with Gasteiger partial charge in [-0.05, 0) is 33.6 Å². The third-order valence-electron chi connectivity index (χ3n) is 2.85. The number of ether oxygens (including phenoxy) is 2. The van der Waals surface area contributed by atoms with E-state index >= 15 is 0 Å². The number of hydrogen-bond donors (Lipinski definition) is 1. The summed E-state index contributed by atoms with van der Waals surface area (Å²) in [5.41, 5.74) is -0.522. The fraction of sp³-hybridized carbons (Fsp3) is 0.769. The first-order chi connectivity index (χ1) is 9.44. The maximum Gasteiger partial charge on any atom is 0.408 e. The predicted molar refractivity (Wildman–Crippen MR) is 70.2 cm³/mol. The molecule has 0 aliphatic carbocycles. The molecule has 0 atom stereocenters. The van der Waals surface area contributed by atoms with Gasteiger partial charge in [-0.3, -0.25) is 0 Å². The minimum Gasteiger partial charge on any atom is -0.444 e. The van der Waals surface area contributed by atoms with Crippen LogP contribution in [0.25, 0.3) is 0 Å². The predicted octanol–water partition coefficient (Wildman–Crippen LogP) is 1.99. The summed E-state index contributed by atoms with van der Waals surface area (Å²) in [6.07, 6.45) is 1.31. The summed E-state index contributed by atoms with van der Waals surface area (Å²) >= 11 is 0. The minimum atomic E-state index is -0.522. The highest BCUT2D eigenvalue weighted by Crippen LogP contribution is 2.24. The van der Waals surface area contributed by atoms with Crippen LogP contribution >= 0.6 is 0 Å². The molecular weight excluding hydrogens is 262 g/mol. The molecule has 0 saturated carbocycles. The van der Waals surface area contributed by atoms with Crippen molar-refractivity contribution in [3.63, 3.8) is 0 Å². The zero-order valence-electron chi connectivity index (χ0n) is 12.1. The van der Waals surface area contributed by atoms with Gasteiger partial charge < -0.3 is 19.3 Å². The van der Waals surface area contributed by atoms with Gasteiger partial charge in [-0.1, -0.05) is 5.16 Å². The van der Waals surface area contributed by atoms with Gasteiger partial charge in [0.15, 0.2) is 5.82 Å². The van der Waals surface area contributed by atoms with E-state index in [0.717, 1.165) is 26.1 Å². The maximum atomic E-state index is 11.5. The van der Waals surface area contributed by atoms with Crippen molar-refractivity contribution in [2.75, 3.05) is 13.2 Å². The zero-order valence-corrected chi connectivity index (χ0v) is 12.1. The van der Waals surface area contributed by atoms with Crippen LogP contribution in [0, 0.1) is 0 Å². The lowest BCUT2D eigenvalue weighted by Crippen LogP contribution is -2.32. The maximum absolute atomic E-state index is 11.5. The van der Waals surface area contributed by atoms with E-state index in [2.05, 4.69) is 15.5 Å². The second-order valence-electron chi connectivity index (χ2n) is 5.79. The van der Waals surface area contributed by atoms with Crippen molar-refractivity contribution in [1.29, 1.82) is 0 Å². The van der Waals surface area contributed by atoms with Crippen LogP contribution in [-0.2, 0) is 16.0 Å². The molecule has 0 radical (unpaired) electrons. The van der Waals surface area contributed by atoms with Crippen LogP contribution in [0.1, 0.15) is 51.2 Å². The number of amides is 1. The third-order valence-corrected chi connectivity index (χ3v) is 2.85. The van der Waals surface area contributed by atoms with E-state index in [9.17, 15) is 4.79 Å². The first-order valence-electron chi connectivity index (χ1n) is 6.81. The van der Waals surface area contributed by atoms with Crippen molar-refractivity contribution in [3.05, 3.63) is 11.7 Å². The Bertz CT molecular complexity index is 447. The molecule has 7 heteroatoms. The van der Waals surface area contributed by atoms with Gasteiger partial charge in [0, 0.05) is 19.1 Å². The van der Waals surface area contributed by atoms with Crippen molar-refractivity contribution in [3.8, 4) is 0 Å². The summed E-state index contributed by atoms with van der Waals surface area (Å²) in [6.45, 7) is 7.05. The third kappa shape index (κ3) is 4.48. The Balaban J connectivity index is 1.82. The van der Waals surface area contributed by atoms with Crippen LogP contribution in [0.4, 0.5) is 4.79 Å². The molecule has 1 saturated heterocycles. The van der Waals surface area contributed by atoms with Crippen LogP contribution in [0.3, 0.4) is 0 Å². The summed E-state index contributed by atoms with van der Waals surface area (Å²) in [7, 11) is 0. The van der Waals surface area contributed by atoms with Gasteiger partial charge in [0.2, 0.25) is 5.89 Å². The quantitative estimate of drug-likeness (QED) is 0.912. The molecule has 1 amide bonds. The molecule has 1 aromatic rings. The number of nitrogens with one attached hydrogen (secondary N) is 1. The molecule has 2 heterocycles. The van der Waals surface area contributed by atoms with Crippen LogP contribution in [0.2, 0.25) is 0 Å². The lowest BCUT2D eigenvalue weighted by Gasteiger charge is -2.19. The van der Waals surface area contributed by atoms with Crippen LogP contribution in [0.5, 0.6) is 0 Å². The summed E-state index contributed by atoms with van der Waals surface area (Å²) in [5, 5.41) is 6.55. The summed E-state index contributed by atoms with van der Waals surface area (Å²) in [4.78, 5) is 15.8. The number of alkyl carbamates (subject to hydrolysis) is 1. The lowest BCUT2D eigenvalue weighted by molar-refractivity contribution is 0.0518. The largest absolute Gasteiger partial charge is 0.444 e. The number of nitrogens with zero attached hydrogens (tertiary/aromatic N) is 2. The van der Waals surface area contributed by atoms with Gasteiger partial charge >= 0.3 is 6.09 Å². The molecule has 0 unspecified atom stereocenters. The number of hydrogen-bond acceptors (Lipinski definition) is 6. The van der Waals surface area contributed by atoms with Gasteiger partial charge in [0.05, 0.1) is 0 Å². The van der Waals surface area contributed by atoms with Crippen molar-refractivity contribution in [2.45, 2.75) is 51.7 Å². The van der Waals surface area contributed by atoms with E-state index in [-0.39, 0.29) is 12.5 Å². The second kappa shape index (κ2) is 6.21. The number of aromatic nitrogens is 2. The van der Waals surface area contributed by atoms with Gasteiger partial charge in [-0.15, -0.1) is 0 Å². The van der Waals surface area contributed by atoms with E-state index < -0.39 is 11.7 Å². The Hall–Kier alpha value is -1.63. The Kier molecular flexibility index (Phi) is 4.59. The molecule has 1 fully saturated rings. The smallest absolute Gasteiger partial charge is 0.408 e. The van der Waals surface area contributed by atoms with E-state index in [1.165, 1.54) is 0 Å². The molecule has 7 nitrogen and oxygen atoms in total. The average Bonchev–Trinajstić information content (AvgIpc) is 2.84. The van der Waals surface area contributed by atoms with Crippen LogP contribution in [-0.4, -0.2) is 35.0 Å². The number of carbonyl (C=O) groups is 1. The second-order valence-corrected chi connectivity index (χ2v) is 5.79. The zero-order chi connectivity index (χ0) is 14.6. The highest BCUT2D eigenvalue weighted by molar-refractivity contribution is 5.67. The average molecular weight is 283 g/mol. The summed E-state index contributed by atoms with van der Waals surface area (Å²) < 4.78 is 15.5. The van der Waals surface area contributed by atoms with Gasteiger partial charge in [-0.2, -0.15) is 4.98 Å². The SMILES string of the molecule is CC(C)(C)OC(=O)NCc1nc(C2CCOCC2)no1. The first-order valence-corrected chi connectivity index (χ1v) is 6.81. The van der Waals surface area contributed by atoms with E-state index in [4.69, 9.17) is 14.0 Å². The molecule has 20 heavy (non-hydrogen) atoms. The molecule has 0 bridgehead atoms. The van der Waals surface area contributed by atoms with Crippen molar-refractivity contribution in [2.24, 2.45) is 0 Å². The molecule has 0 aromatic carbocycles. The van der Waals surface area contributed by atoms with Crippen molar-refractivity contribution < 1.29 is 18.8 Å². The number of carbonyl (C=O) groups excluding carboxylic acids is 1. The molecular formula is C13H21N3O4. The topological polar surface area (TPSA) is 86.5 Å². The first kappa shape index (κ1) is 14.8. The summed E-state index contributed by atoms with van der Waals surface area (Å²) in [5.74, 6) is 1.36. The van der Waals surface area contributed by atoms with Crippen molar-refractivity contribution >= 4 is 6.09 Å². The molecule has 112 valence electrons.